The first kappa shape index (κ1) is 19.2. The summed E-state index contributed by atoms with van der Waals surface area (Å²) in [4.78, 5) is 4.42. The van der Waals surface area contributed by atoms with Gasteiger partial charge in [0.2, 0.25) is 0 Å². The predicted octanol–water partition coefficient (Wildman–Crippen LogP) is 5.30. The van der Waals surface area contributed by atoms with Gasteiger partial charge in [0.05, 0.1) is 11.4 Å². The molecule has 126 valence electrons. The number of nitrogen functional groups attached to an aromatic ring is 1. The van der Waals surface area contributed by atoms with Gasteiger partial charge in [-0.1, -0.05) is 41.5 Å². The van der Waals surface area contributed by atoms with Crippen LogP contribution in [0.5, 0.6) is 0 Å². The zero-order chi connectivity index (χ0) is 17.1. The number of nitrogens with two attached hydrogens (primary N) is 1. The van der Waals surface area contributed by atoms with E-state index in [0.717, 1.165) is 24.4 Å². The molecule has 0 saturated carbocycles. The minimum Gasteiger partial charge on any atom is -0.417 e. The zero-order valence-electron chi connectivity index (χ0n) is 15.7. The van der Waals surface area contributed by atoms with Crippen LogP contribution in [0.25, 0.3) is 0 Å². The Morgan fingerprint density at radius 1 is 1.23 bits per heavy atom. The van der Waals surface area contributed by atoms with Crippen LogP contribution in [0.1, 0.15) is 71.1 Å². The molecule has 4 heteroatoms. The van der Waals surface area contributed by atoms with Crippen molar-refractivity contribution in [3.05, 3.63) is 23.5 Å². The molecule has 3 nitrogen and oxygen atoms in total. The molecule has 1 aromatic heterocycles. The van der Waals surface area contributed by atoms with Gasteiger partial charge < -0.3 is 10.2 Å². The Labute approximate surface area is 137 Å². The van der Waals surface area contributed by atoms with E-state index < -0.39 is 8.32 Å². The van der Waals surface area contributed by atoms with Crippen molar-refractivity contribution in [2.45, 2.75) is 77.9 Å². The Morgan fingerprint density at radius 2 is 1.82 bits per heavy atom. The van der Waals surface area contributed by atoms with E-state index in [1.807, 2.05) is 6.20 Å². The van der Waals surface area contributed by atoms with Crippen molar-refractivity contribution in [1.82, 2.24) is 4.98 Å². The molecule has 1 heterocycles. The van der Waals surface area contributed by atoms with Crippen molar-refractivity contribution in [2.24, 2.45) is 0 Å². The molecule has 2 N–H and O–H groups in total. The fourth-order valence-electron chi connectivity index (χ4n) is 2.26. The van der Waals surface area contributed by atoms with Crippen LogP contribution >= 0.6 is 0 Å². The highest BCUT2D eigenvalue weighted by Crippen LogP contribution is 2.37. The summed E-state index contributed by atoms with van der Waals surface area (Å²) in [5.41, 5.74) is 9.39. The molecule has 0 radical (unpaired) electrons. The molecule has 0 unspecified atom stereocenters. The molecule has 0 aromatic carbocycles. The molecule has 22 heavy (non-hydrogen) atoms. The Bertz CT molecular complexity index is 492. The average Bonchev–Trinajstić information content (AvgIpc) is 2.36. The number of nitrogens with zero attached hydrogens (tertiary/aromatic N) is 1. The van der Waals surface area contributed by atoms with Crippen LogP contribution in [-0.4, -0.2) is 19.9 Å². The fraction of sp³-hybridized carbons (Fsp3) is 0.722. The van der Waals surface area contributed by atoms with Crippen LogP contribution in [0.3, 0.4) is 0 Å². The highest BCUT2D eigenvalue weighted by atomic mass is 28.4. The quantitative estimate of drug-likeness (QED) is 0.723. The van der Waals surface area contributed by atoms with Crippen molar-refractivity contribution in [3.8, 4) is 0 Å². The normalized spacial score (nSPS) is 14.4. The number of rotatable bonds is 6. The van der Waals surface area contributed by atoms with Gasteiger partial charge in [0.15, 0.2) is 8.32 Å². The maximum absolute atomic E-state index is 6.32. The number of anilines is 1. The minimum absolute atomic E-state index is 0.261. The monoisotopic (exact) mass is 322 g/mol. The third-order valence-corrected chi connectivity index (χ3v) is 9.49. The maximum atomic E-state index is 6.32. The van der Waals surface area contributed by atoms with Crippen molar-refractivity contribution < 1.29 is 4.43 Å². The SMILES string of the molecule is CC(C)c1nccc([C@@H](C)CCO[Si](C)(C)C(C)(C)C)c1N. The molecule has 0 bridgehead atoms. The number of hydrogen-bond donors (Lipinski definition) is 1. The van der Waals surface area contributed by atoms with E-state index in [-0.39, 0.29) is 5.04 Å². The first-order valence-electron chi connectivity index (χ1n) is 8.35. The molecule has 0 amide bonds. The van der Waals surface area contributed by atoms with Crippen LogP contribution < -0.4 is 5.73 Å². The lowest BCUT2D eigenvalue weighted by atomic mass is 9.94. The third-order valence-electron chi connectivity index (χ3n) is 4.95. The lowest BCUT2D eigenvalue weighted by molar-refractivity contribution is 0.274. The number of aromatic nitrogens is 1. The van der Waals surface area contributed by atoms with Crippen molar-refractivity contribution >= 4 is 14.0 Å². The second-order valence-corrected chi connectivity index (χ2v) is 13.0. The highest BCUT2D eigenvalue weighted by Gasteiger charge is 2.37. The van der Waals surface area contributed by atoms with Gasteiger partial charge in [-0.3, -0.25) is 4.98 Å². The van der Waals surface area contributed by atoms with Gasteiger partial charge in [-0.05, 0) is 48.0 Å². The van der Waals surface area contributed by atoms with Crippen molar-refractivity contribution in [2.75, 3.05) is 12.3 Å². The molecular formula is C18H34N2OSi. The van der Waals surface area contributed by atoms with Gasteiger partial charge in [-0.25, -0.2) is 0 Å². The van der Waals surface area contributed by atoms with Crippen molar-refractivity contribution in [3.63, 3.8) is 0 Å². The second kappa shape index (κ2) is 7.13. The summed E-state index contributed by atoms with van der Waals surface area (Å²) in [7, 11) is -1.66. The van der Waals surface area contributed by atoms with E-state index in [4.69, 9.17) is 10.2 Å². The molecule has 0 aliphatic heterocycles. The number of hydrogen-bond acceptors (Lipinski definition) is 3. The van der Waals surface area contributed by atoms with E-state index >= 15 is 0 Å². The standard InChI is InChI=1S/C18H34N2OSi/c1-13(2)17-16(19)15(9-11-20-17)14(3)10-12-21-22(7,8)18(4,5)6/h9,11,13-14H,10,12,19H2,1-8H3/t14-/m0/s1. The van der Waals surface area contributed by atoms with E-state index in [2.05, 4.69) is 65.7 Å². The van der Waals surface area contributed by atoms with Crippen LogP contribution in [0.2, 0.25) is 18.1 Å². The van der Waals surface area contributed by atoms with E-state index in [0.29, 0.717) is 11.8 Å². The highest BCUT2D eigenvalue weighted by molar-refractivity contribution is 6.74. The molecule has 1 atom stereocenters. The summed E-state index contributed by atoms with van der Waals surface area (Å²) in [5.74, 6) is 0.751. The summed E-state index contributed by atoms with van der Waals surface area (Å²) >= 11 is 0. The molecular weight excluding hydrogens is 288 g/mol. The zero-order valence-corrected chi connectivity index (χ0v) is 16.7. The van der Waals surface area contributed by atoms with Crippen LogP contribution in [0, 0.1) is 0 Å². The first-order chi connectivity index (χ1) is 9.97. The maximum Gasteiger partial charge on any atom is 0.191 e. The number of pyridine rings is 1. The predicted molar refractivity (Wildman–Crippen MR) is 98.9 cm³/mol. The third kappa shape index (κ3) is 4.56. The fourth-order valence-corrected chi connectivity index (χ4v) is 3.32. The summed E-state index contributed by atoms with van der Waals surface area (Å²) in [5, 5.41) is 0.261. The molecule has 0 spiro atoms. The largest absolute Gasteiger partial charge is 0.417 e. The van der Waals surface area contributed by atoms with Gasteiger partial charge in [-0.2, -0.15) is 0 Å². The topological polar surface area (TPSA) is 48.1 Å². The molecule has 0 fully saturated rings. The molecule has 0 aliphatic carbocycles. The van der Waals surface area contributed by atoms with Gasteiger partial charge in [0.25, 0.3) is 0 Å². The van der Waals surface area contributed by atoms with Gasteiger partial charge in [-0.15, -0.1) is 0 Å². The molecule has 1 rings (SSSR count). The Kier molecular flexibility index (Phi) is 6.22. The van der Waals surface area contributed by atoms with Gasteiger partial charge in [0.1, 0.15) is 0 Å². The van der Waals surface area contributed by atoms with E-state index in [9.17, 15) is 0 Å². The van der Waals surface area contributed by atoms with Gasteiger partial charge in [0, 0.05) is 12.8 Å². The minimum atomic E-state index is -1.66. The summed E-state index contributed by atoms with van der Waals surface area (Å²) in [6.45, 7) is 18.7. The average molecular weight is 323 g/mol. The lowest BCUT2D eigenvalue weighted by Gasteiger charge is -2.36. The van der Waals surface area contributed by atoms with Crippen molar-refractivity contribution in [1.29, 1.82) is 0 Å². The van der Waals surface area contributed by atoms with Crippen LogP contribution in [-0.2, 0) is 4.43 Å². The second-order valence-electron chi connectivity index (χ2n) is 8.15. The van der Waals surface area contributed by atoms with E-state index in [1.54, 1.807) is 0 Å². The summed E-state index contributed by atoms with van der Waals surface area (Å²) < 4.78 is 6.29. The molecule has 0 aliphatic rings. The van der Waals surface area contributed by atoms with Gasteiger partial charge >= 0.3 is 0 Å². The summed E-state index contributed by atoms with van der Waals surface area (Å²) in [6, 6.07) is 2.05. The Hall–Kier alpha value is -0.873. The molecule has 0 saturated heterocycles. The Balaban J connectivity index is 2.71. The van der Waals surface area contributed by atoms with E-state index in [1.165, 1.54) is 5.56 Å². The summed E-state index contributed by atoms with van der Waals surface area (Å²) in [6.07, 6.45) is 2.88. The smallest absolute Gasteiger partial charge is 0.191 e. The lowest BCUT2D eigenvalue weighted by Crippen LogP contribution is -2.41. The first-order valence-corrected chi connectivity index (χ1v) is 11.3. The van der Waals surface area contributed by atoms with Crippen LogP contribution in [0.4, 0.5) is 5.69 Å². The Morgan fingerprint density at radius 3 is 2.32 bits per heavy atom. The van der Waals surface area contributed by atoms with Crippen LogP contribution in [0.15, 0.2) is 12.3 Å². The molecule has 1 aromatic rings.